The molecule has 1 aromatic rings. The number of amides is 1. The third-order valence-corrected chi connectivity index (χ3v) is 4.44. The smallest absolute Gasteiger partial charge is 0.254 e. The van der Waals surface area contributed by atoms with Gasteiger partial charge in [-0.3, -0.25) is 4.79 Å². The lowest BCUT2D eigenvalue weighted by Crippen LogP contribution is -2.45. The molecule has 1 fully saturated rings. The molecule has 2 atom stereocenters. The molecule has 1 aliphatic rings. The van der Waals surface area contributed by atoms with Crippen LogP contribution in [0.3, 0.4) is 0 Å². The van der Waals surface area contributed by atoms with Gasteiger partial charge in [0, 0.05) is 18.5 Å². The molecular weight excluding hydrogens is 232 g/mol. The quantitative estimate of drug-likeness (QED) is 0.897. The van der Waals surface area contributed by atoms with Crippen LogP contribution in [-0.2, 0) is 0 Å². The van der Waals surface area contributed by atoms with Crippen molar-refractivity contribution in [2.45, 2.75) is 31.7 Å². The summed E-state index contributed by atoms with van der Waals surface area (Å²) in [6.07, 6.45) is 4.71. The second-order valence-corrected chi connectivity index (χ2v) is 5.56. The van der Waals surface area contributed by atoms with Crippen LogP contribution in [0.2, 0.25) is 0 Å². The van der Waals surface area contributed by atoms with E-state index in [1.165, 1.54) is 12.8 Å². The maximum absolute atomic E-state index is 12.3. The highest BCUT2D eigenvalue weighted by atomic mass is 32.1. The van der Waals surface area contributed by atoms with E-state index >= 15 is 0 Å². The van der Waals surface area contributed by atoms with Crippen LogP contribution in [0.5, 0.6) is 0 Å². The Labute approximate surface area is 107 Å². The van der Waals surface area contributed by atoms with E-state index in [1.54, 1.807) is 11.3 Å². The van der Waals surface area contributed by atoms with Crippen molar-refractivity contribution in [3.63, 3.8) is 0 Å². The van der Waals surface area contributed by atoms with Crippen molar-refractivity contribution in [3.05, 3.63) is 22.4 Å². The SMILES string of the molecule is CN(C(=O)c1ccsc1)C1CCCCC1CN. The highest BCUT2D eigenvalue weighted by Crippen LogP contribution is 2.28. The summed E-state index contributed by atoms with van der Waals surface area (Å²) >= 11 is 1.57. The van der Waals surface area contributed by atoms with Crippen LogP contribution in [0.1, 0.15) is 36.0 Å². The van der Waals surface area contributed by atoms with Gasteiger partial charge in [0.15, 0.2) is 0 Å². The molecular formula is C13H20N2OS. The standard InChI is InChI=1S/C13H20N2OS/c1-15(13(16)11-6-7-17-9-11)12-5-3-2-4-10(12)8-14/h6-7,9-10,12H,2-5,8,14H2,1H3. The summed E-state index contributed by atoms with van der Waals surface area (Å²) in [5.74, 6) is 0.605. The van der Waals surface area contributed by atoms with Crippen molar-refractivity contribution in [2.75, 3.05) is 13.6 Å². The number of rotatable bonds is 3. The molecule has 1 amide bonds. The van der Waals surface area contributed by atoms with E-state index in [0.717, 1.165) is 18.4 Å². The maximum Gasteiger partial charge on any atom is 0.254 e. The number of carbonyl (C=O) groups excluding carboxylic acids is 1. The number of nitrogens with zero attached hydrogens (tertiary/aromatic N) is 1. The van der Waals surface area contributed by atoms with Crippen molar-refractivity contribution in [1.82, 2.24) is 4.90 Å². The van der Waals surface area contributed by atoms with Crippen LogP contribution in [0.15, 0.2) is 16.8 Å². The molecule has 0 radical (unpaired) electrons. The van der Waals surface area contributed by atoms with E-state index in [9.17, 15) is 4.79 Å². The molecule has 0 aromatic carbocycles. The fourth-order valence-corrected chi connectivity index (χ4v) is 3.34. The molecule has 2 rings (SSSR count). The fourth-order valence-electron chi connectivity index (χ4n) is 2.71. The average Bonchev–Trinajstić information content (AvgIpc) is 2.90. The molecule has 2 N–H and O–H groups in total. The number of carbonyl (C=O) groups is 1. The molecule has 0 bridgehead atoms. The Bertz CT molecular complexity index is 364. The van der Waals surface area contributed by atoms with Gasteiger partial charge in [-0.25, -0.2) is 0 Å². The van der Waals surface area contributed by atoms with Crippen LogP contribution in [0.4, 0.5) is 0 Å². The molecule has 1 heterocycles. The van der Waals surface area contributed by atoms with Crippen LogP contribution in [0, 0.1) is 5.92 Å². The Morgan fingerprint density at radius 1 is 1.53 bits per heavy atom. The number of hydrogen-bond donors (Lipinski definition) is 1. The normalized spacial score (nSPS) is 24.6. The number of nitrogens with two attached hydrogens (primary N) is 1. The van der Waals surface area contributed by atoms with Crippen LogP contribution >= 0.6 is 11.3 Å². The first-order valence-corrected chi connectivity index (χ1v) is 7.17. The van der Waals surface area contributed by atoms with Crippen molar-refractivity contribution in [2.24, 2.45) is 11.7 Å². The number of hydrogen-bond acceptors (Lipinski definition) is 3. The van der Waals surface area contributed by atoms with E-state index in [0.29, 0.717) is 18.5 Å². The predicted octanol–water partition coefficient (Wildman–Crippen LogP) is 2.34. The van der Waals surface area contributed by atoms with Gasteiger partial charge in [-0.05, 0) is 36.8 Å². The van der Waals surface area contributed by atoms with Gasteiger partial charge in [0.1, 0.15) is 0 Å². The Morgan fingerprint density at radius 2 is 2.29 bits per heavy atom. The lowest BCUT2D eigenvalue weighted by atomic mass is 9.83. The molecule has 1 aromatic heterocycles. The Balaban J connectivity index is 2.07. The largest absolute Gasteiger partial charge is 0.338 e. The Kier molecular flexibility index (Phi) is 4.18. The lowest BCUT2D eigenvalue weighted by molar-refractivity contribution is 0.0621. The summed E-state index contributed by atoms with van der Waals surface area (Å²) in [7, 11) is 1.92. The molecule has 17 heavy (non-hydrogen) atoms. The Hall–Kier alpha value is -0.870. The lowest BCUT2D eigenvalue weighted by Gasteiger charge is -2.37. The highest BCUT2D eigenvalue weighted by Gasteiger charge is 2.30. The number of thiophene rings is 1. The summed E-state index contributed by atoms with van der Waals surface area (Å²) in [5.41, 5.74) is 6.62. The van der Waals surface area contributed by atoms with Crippen LogP contribution < -0.4 is 5.73 Å². The minimum absolute atomic E-state index is 0.136. The molecule has 0 aliphatic heterocycles. The van der Waals surface area contributed by atoms with Crippen molar-refractivity contribution in [1.29, 1.82) is 0 Å². The third kappa shape index (κ3) is 2.69. The molecule has 1 aliphatic carbocycles. The zero-order valence-corrected chi connectivity index (χ0v) is 11.1. The van der Waals surface area contributed by atoms with Crippen molar-refractivity contribution < 1.29 is 4.79 Å². The molecule has 1 saturated carbocycles. The van der Waals surface area contributed by atoms with Gasteiger partial charge in [-0.15, -0.1) is 0 Å². The summed E-state index contributed by atoms with van der Waals surface area (Å²) in [5, 5.41) is 3.86. The molecule has 94 valence electrons. The van der Waals surface area contributed by atoms with Gasteiger partial charge in [0.2, 0.25) is 0 Å². The summed E-state index contributed by atoms with van der Waals surface area (Å²) in [4.78, 5) is 14.2. The molecule has 0 saturated heterocycles. The van der Waals surface area contributed by atoms with E-state index in [2.05, 4.69) is 0 Å². The maximum atomic E-state index is 12.3. The first-order valence-electron chi connectivity index (χ1n) is 6.23. The topological polar surface area (TPSA) is 46.3 Å². The fraction of sp³-hybridized carbons (Fsp3) is 0.615. The Morgan fingerprint density at radius 3 is 2.94 bits per heavy atom. The van der Waals surface area contributed by atoms with Gasteiger partial charge in [0.25, 0.3) is 5.91 Å². The minimum atomic E-state index is 0.136. The van der Waals surface area contributed by atoms with Gasteiger partial charge >= 0.3 is 0 Å². The summed E-state index contributed by atoms with van der Waals surface area (Å²) in [6.45, 7) is 0.686. The molecule has 4 heteroatoms. The van der Waals surface area contributed by atoms with Crippen molar-refractivity contribution in [3.8, 4) is 0 Å². The van der Waals surface area contributed by atoms with E-state index in [4.69, 9.17) is 5.73 Å². The predicted molar refractivity (Wildman–Crippen MR) is 71.2 cm³/mol. The zero-order chi connectivity index (χ0) is 12.3. The van der Waals surface area contributed by atoms with Gasteiger partial charge in [-0.1, -0.05) is 12.8 Å². The van der Waals surface area contributed by atoms with Gasteiger partial charge in [0.05, 0.1) is 5.56 Å². The highest BCUT2D eigenvalue weighted by molar-refractivity contribution is 7.08. The van der Waals surface area contributed by atoms with Crippen LogP contribution in [-0.4, -0.2) is 30.4 Å². The second kappa shape index (κ2) is 5.65. The average molecular weight is 252 g/mol. The minimum Gasteiger partial charge on any atom is -0.338 e. The van der Waals surface area contributed by atoms with E-state index in [-0.39, 0.29) is 5.91 Å². The molecule has 0 spiro atoms. The first kappa shape index (κ1) is 12.6. The monoisotopic (exact) mass is 252 g/mol. The summed E-state index contributed by atoms with van der Waals surface area (Å²) < 4.78 is 0. The van der Waals surface area contributed by atoms with Crippen molar-refractivity contribution >= 4 is 17.2 Å². The van der Waals surface area contributed by atoms with Gasteiger partial charge in [-0.2, -0.15) is 11.3 Å². The zero-order valence-electron chi connectivity index (χ0n) is 10.3. The van der Waals surface area contributed by atoms with Crippen LogP contribution in [0.25, 0.3) is 0 Å². The first-order chi connectivity index (χ1) is 8.24. The third-order valence-electron chi connectivity index (χ3n) is 3.76. The molecule has 2 unspecified atom stereocenters. The van der Waals surface area contributed by atoms with E-state index < -0.39 is 0 Å². The van der Waals surface area contributed by atoms with Gasteiger partial charge < -0.3 is 10.6 Å². The summed E-state index contributed by atoms with van der Waals surface area (Å²) in [6, 6.07) is 2.21. The second-order valence-electron chi connectivity index (χ2n) is 4.78. The molecule has 3 nitrogen and oxygen atoms in total. The van der Waals surface area contributed by atoms with E-state index in [1.807, 2.05) is 28.8 Å².